The summed E-state index contributed by atoms with van der Waals surface area (Å²) in [4.78, 5) is 2.17. The van der Waals surface area contributed by atoms with Crippen molar-refractivity contribution in [1.29, 1.82) is 0 Å². The largest absolute Gasteiger partial charge is 0.492 e. The van der Waals surface area contributed by atoms with Gasteiger partial charge in [-0.2, -0.15) is 0 Å². The third-order valence-electron chi connectivity index (χ3n) is 7.12. The van der Waals surface area contributed by atoms with E-state index in [-0.39, 0.29) is 0 Å². The molecule has 0 unspecified atom stereocenters. The molecule has 0 radical (unpaired) electrons. The zero-order chi connectivity index (χ0) is 17.4. The maximum atomic E-state index is 5.97. The van der Waals surface area contributed by atoms with Crippen molar-refractivity contribution in [2.45, 2.75) is 56.9 Å². The summed E-state index contributed by atoms with van der Waals surface area (Å²) in [5.41, 5.74) is 3.58. The SMILES string of the molecule is CN(C)CCOc1ccc2c(c1)CC[C@@H]1[C@@H]2CC[C@]2(C)NCCC[C@@H]12. The second kappa shape index (κ2) is 6.92. The molecule has 0 bridgehead atoms. The maximum absolute atomic E-state index is 5.97. The molecule has 2 aliphatic carbocycles. The summed E-state index contributed by atoms with van der Waals surface area (Å²) in [5, 5.41) is 3.87. The molecule has 3 nitrogen and oxygen atoms in total. The molecular formula is C22H34N2O. The standard InChI is InChI=1S/C22H34N2O/c1-22-11-10-19-18-9-7-17(25-14-13-24(2)3)15-16(18)6-8-20(19)21(22)5-4-12-23-22/h7,9,15,19-21,23H,4-6,8,10-14H2,1-3H3/t19-,20-,21+,22+/m1/s1. The predicted octanol–water partition coefficient (Wildman–Crippen LogP) is 3.83. The van der Waals surface area contributed by atoms with E-state index in [4.69, 9.17) is 4.74 Å². The second-order valence-electron chi connectivity index (χ2n) is 8.95. The number of likely N-dealkylation sites (N-methyl/N-ethyl adjacent to an activating group) is 1. The Morgan fingerprint density at radius 3 is 2.96 bits per heavy atom. The number of aryl methyl sites for hydroxylation is 1. The third kappa shape index (κ3) is 3.33. The van der Waals surface area contributed by atoms with Gasteiger partial charge in [0.25, 0.3) is 0 Å². The molecule has 0 amide bonds. The summed E-state index contributed by atoms with van der Waals surface area (Å²) < 4.78 is 5.97. The van der Waals surface area contributed by atoms with Gasteiger partial charge < -0.3 is 15.0 Å². The summed E-state index contributed by atoms with van der Waals surface area (Å²) in [6.07, 6.45) is 8.05. The van der Waals surface area contributed by atoms with Crippen molar-refractivity contribution in [2.75, 3.05) is 33.8 Å². The van der Waals surface area contributed by atoms with Crippen LogP contribution in [0.5, 0.6) is 5.75 Å². The monoisotopic (exact) mass is 342 g/mol. The van der Waals surface area contributed by atoms with E-state index >= 15 is 0 Å². The van der Waals surface area contributed by atoms with Crippen LogP contribution in [0.2, 0.25) is 0 Å². The van der Waals surface area contributed by atoms with Crippen molar-refractivity contribution in [1.82, 2.24) is 10.2 Å². The van der Waals surface area contributed by atoms with Gasteiger partial charge in [0, 0.05) is 12.1 Å². The van der Waals surface area contributed by atoms with E-state index in [0.717, 1.165) is 36.7 Å². The molecule has 0 spiro atoms. The normalized spacial score (nSPS) is 34.2. The number of nitrogens with zero attached hydrogens (tertiary/aromatic N) is 1. The predicted molar refractivity (Wildman–Crippen MR) is 103 cm³/mol. The Balaban J connectivity index is 1.50. The molecule has 3 aliphatic rings. The highest BCUT2D eigenvalue weighted by Crippen LogP contribution is 2.53. The molecule has 1 N–H and O–H groups in total. The van der Waals surface area contributed by atoms with E-state index in [1.165, 1.54) is 45.1 Å². The Morgan fingerprint density at radius 2 is 2.12 bits per heavy atom. The van der Waals surface area contributed by atoms with Crippen molar-refractivity contribution in [3.63, 3.8) is 0 Å². The van der Waals surface area contributed by atoms with E-state index in [1.54, 1.807) is 11.1 Å². The molecule has 4 rings (SSSR count). The fourth-order valence-corrected chi connectivity index (χ4v) is 5.76. The van der Waals surface area contributed by atoms with Crippen LogP contribution in [0, 0.1) is 11.8 Å². The van der Waals surface area contributed by atoms with Crippen LogP contribution in [0.4, 0.5) is 0 Å². The van der Waals surface area contributed by atoms with Gasteiger partial charge in [-0.25, -0.2) is 0 Å². The summed E-state index contributed by atoms with van der Waals surface area (Å²) >= 11 is 0. The summed E-state index contributed by atoms with van der Waals surface area (Å²) in [6.45, 7) is 5.44. The van der Waals surface area contributed by atoms with Crippen molar-refractivity contribution in [2.24, 2.45) is 11.8 Å². The molecule has 1 aromatic rings. The first kappa shape index (κ1) is 17.4. The Hall–Kier alpha value is -1.06. The van der Waals surface area contributed by atoms with Crippen LogP contribution in [-0.4, -0.2) is 44.2 Å². The van der Waals surface area contributed by atoms with Crippen LogP contribution in [0.3, 0.4) is 0 Å². The Bertz CT molecular complexity index is 614. The second-order valence-corrected chi connectivity index (χ2v) is 8.95. The zero-order valence-electron chi connectivity index (χ0n) is 16.2. The minimum absolute atomic E-state index is 0.395. The number of hydrogen-bond donors (Lipinski definition) is 1. The minimum atomic E-state index is 0.395. The van der Waals surface area contributed by atoms with Gasteiger partial charge in [0.1, 0.15) is 12.4 Å². The number of rotatable bonds is 4. The summed E-state index contributed by atoms with van der Waals surface area (Å²) in [6, 6.07) is 6.92. The van der Waals surface area contributed by atoms with Gasteiger partial charge in [0.15, 0.2) is 0 Å². The van der Waals surface area contributed by atoms with E-state index in [9.17, 15) is 0 Å². The molecule has 1 saturated heterocycles. The zero-order valence-corrected chi connectivity index (χ0v) is 16.2. The molecule has 1 aromatic carbocycles. The number of hydrogen-bond acceptors (Lipinski definition) is 3. The van der Waals surface area contributed by atoms with Crippen molar-refractivity contribution < 1.29 is 4.74 Å². The smallest absolute Gasteiger partial charge is 0.119 e. The highest BCUT2D eigenvalue weighted by Gasteiger charge is 2.48. The van der Waals surface area contributed by atoms with E-state index in [0.29, 0.717) is 5.54 Å². The molecule has 0 aromatic heterocycles. The lowest BCUT2D eigenvalue weighted by Gasteiger charge is -2.54. The van der Waals surface area contributed by atoms with Crippen molar-refractivity contribution in [3.8, 4) is 5.75 Å². The highest BCUT2D eigenvalue weighted by molar-refractivity contribution is 5.40. The van der Waals surface area contributed by atoms with Crippen LogP contribution in [0.25, 0.3) is 0 Å². The lowest BCUT2D eigenvalue weighted by Crippen LogP contribution is -2.58. The minimum Gasteiger partial charge on any atom is -0.492 e. The fraction of sp³-hybridized carbons (Fsp3) is 0.727. The van der Waals surface area contributed by atoms with Gasteiger partial charge in [-0.05, 0) is 107 Å². The number of fused-ring (bicyclic) bond motifs is 5. The quantitative estimate of drug-likeness (QED) is 0.900. The molecular weight excluding hydrogens is 308 g/mol. The van der Waals surface area contributed by atoms with Crippen LogP contribution >= 0.6 is 0 Å². The van der Waals surface area contributed by atoms with Crippen LogP contribution in [0.15, 0.2) is 18.2 Å². The van der Waals surface area contributed by atoms with E-state index in [1.807, 2.05) is 0 Å². The van der Waals surface area contributed by atoms with Gasteiger partial charge in [-0.15, -0.1) is 0 Å². The number of piperidine rings is 1. The summed E-state index contributed by atoms with van der Waals surface area (Å²) in [5.74, 6) is 3.57. The van der Waals surface area contributed by atoms with Crippen LogP contribution in [-0.2, 0) is 6.42 Å². The lowest BCUT2D eigenvalue weighted by atomic mass is 9.56. The molecule has 25 heavy (non-hydrogen) atoms. The first-order valence-electron chi connectivity index (χ1n) is 10.2. The van der Waals surface area contributed by atoms with Crippen LogP contribution in [0.1, 0.15) is 56.1 Å². The molecule has 138 valence electrons. The number of ether oxygens (including phenoxy) is 1. The van der Waals surface area contributed by atoms with Gasteiger partial charge in [0.2, 0.25) is 0 Å². The molecule has 2 fully saturated rings. The molecule has 1 aliphatic heterocycles. The van der Waals surface area contributed by atoms with Gasteiger partial charge >= 0.3 is 0 Å². The van der Waals surface area contributed by atoms with Crippen molar-refractivity contribution in [3.05, 3.63) is 29.3 Å². The average molecular weight is 343 g/mol. The molecule has 1 saturated carbocycles. The fourth-order valence-electron chi connectivity index (χ4n) is 5.76. The number of benzene rings is 1. The van der Waals surface area contributed by atoms with Gasteiger partial charge in [-0.3, -0.25) is 0 Å². The highest BCUT2D eigenvalue weighted by atomic mass is 16.5. The van der Waals surface area contributed by atoms with E-state index in [2.05, 4.69) is 49.4 Å². The Kier molecular flexibility index (Phi) is 4.81. The topological polar surface area (TPSA) is 24.5 Å². The maximum Gasteiger partial charge on any atom is 0.119 e. The van der Waals surface area contributed by atoms with Gasteiger partial charge in [-0.1, -0.05) is 6.07 Å². The van der Waals surface area contributed by atoms with Crippen LogP contribution < -0.4 is 10.1 Å². The number of nitrogens with one attached hydrogen (secondary N) is 1. The average Bonchev–Trinajstić information content (AvgIpc) is 2.60. The third-order valence-corrected chi connectivity index (χ3v) is 7.12. The molecule has 3 heteroatoms. The van der Waals surface area contributed by atoms with Crippen molar-refractivity contribution >= 4 is 0 Å². The summed E-state index contributed by atoms with van der Waals surface area (Å²) in [7, 11) is 4.18. The molecule has 4 atom stereocenters. The Morgan fingerprint density at radius 1 is 1.24 bits per heavy atom. The van der Waals surface area contributed by atoms with E-state index < -0.39 is 0 Å². The first-order chi connectivity index (χ1) is 12.1. The first-order valence-corrected chi connectivity index (χ1v) is 10.2. The molecule has 1 heterocycles. The van der Waals surface area contributed by atoms with Gasteiger partial charge in [0.05, 0.1) is 0 Å². The lowest BCUT2D eigenvalue weighted by molar-refractivity contribution is 0.0400. The Labute approximate surface area is 153 Å².